The van der Waals surface area contributed by atoms with Crippen molar-refractivity contribution < 1.29 is 9.85 Å². The van der Waals surface area contributed by atoms with Gasteiger partial charge in [-0.05, 0) is 6.07 Å². The van der Waals surface area contributed by atoms with Gasteiger partial charge in [-0.25, -0.2) is 0 Å². The zero-order valence-corrected chi connectivity index (χ0v) is 13.7. The predicted octanol–water partition coefficient (Wildman–Crippen LogP) is 2.43. The highest BCUT2D eigenvalue weighted by Crippen LogP contribution is 2.32. The van der Waals surface area contributed by atoms with Crippen LogP contribution in [0.25, 0.3) is 0 Å². The summed E-state index contributed by atoms with van der Waals surface area (Å²) in [6.07, 6.45) is -0.817. The standard InChI is InChI=1S/C11H8N8O4S2/c20-18(21)6-1-2-7(8(3-6)19(22)23)9(14-10-16-12-4-24-10)15-11-17-13-5-25-11/h1-5,9H,(H,14,16)(H,15,17). The van der Waals surface area contributed by atoms with Crippen molar-refractivity contribution in [1.29, 1.82) is 0 Å². The van der Waals surface area contributed by atoms with Gasteiger partial charge in [-0.1, -0.05) is 22.7 Å². The van der Waals surface area contributed by atoms with E-state index in [2.05, 4.69) is 31.0 Å². The van der Waals surface area contributed by atoms with Crippen molar-refractivity contribution in [2.24, 2.45) is 0 Å². The van der Waals surface area contributed by atoms with Gasteiger partial charge in [-0.2, -0.15) is 0 Å². The summed E-state index contributed by atoms with van der Waals surface area (Å²) in [5.74, 6) is 0. The zero-order valence-electron chi connectivity index (χ0n) is 12.1. The molecule has 0 saturated carbocycles. The number of nitro benzene ring substituents is 2. The minimum atomic E-state index is -0.817. The molecule has 0 fully saturated rings. The summed E-state index contributed by atoms with van der Waals surface area (Å²) in [6, 6.07) is 3.41. The van der Waals surface area contributed by atoms with Crippen LogP contribution in [0.2, 0.25) is 0 Å². The molecule has 3 rings (SSSR count). The number of hydrogen-bond acceptors (Lipinski definition) is 12. The number of aromatic nitrogens is 4. The number of nitrogens with zero attached hydrogens (tertiary/aromatic N) is 6. The first-order chi connectivity index (χ1) is 12.0. The lowest BCUT2D eigenvalue weighted by Gasteiger charge is -2.19. The largest absolute Gasteiger partial charge is 0.336 e. The summed E-state index contributed by atoms with van der Waals surface area (Å²) >= 11 is 2.39. The third-order valence-corrected chi connectivity index (χ3v) is 4.23. The fourth-order valence-electron chi connectivity index (χ4n) is 1.96. The summed E-state index contributed by atoms with van der Waals surface area (Å²) in [7, 11) is 0. The van der Waals surface area contributed by atoms with E-state index in [4.69, 9.17) is 0 Å². The van der Waals surface area contributed by atoms with Crippen LogP contribution >= 0.6 is 22.7 Å². The lowest BCUT2D eigenvalue weighted by atomic mass is 10.1. The van der Waals surface area contributed by atoms with Crippen LogP contribution in [-0.4, -0.2) is 30.2 Å². The van der Waals surface area contributed by atoms with Gasteiger partial charge < -0.3 is 10.6 Å². The lowest BCUT2D eigenvalue weighted by Crippen LogP contribution is -2.21. The molecule has 3 aromatic rings. The normalized spacial score (nSPS) is 10.6. The number of hydrogen-bond donors (Lipinski definition) is 2. The second kappa shape index (κ2) is 7.10. The minimum Gasteiger partial charge on any atom is -0.336 e. The Balaban J connectivity index is 2.01. The third kappa shape index (κ3) is 3.81. The molecule has 12 nitrogen and oxygen atoms in total. The molecule has 1 aromatic carbocycles. The van der Waals surface area contributed by atoms with Crippen molar-refractivity contribution in [2.45, 2.75) is 6.17 Å². The van der Waals surface area contributed by atoms with E-state index in [9.17, 15) is 20.2 Å². The van der Waals surface area contributed by atoms with E-state index in [1.807, 2.05) is 0 Å². The molecule has 2 N–H and O–H groups in total. The molecule has 0 spiro atoms. The maximum Gasteiger partial charge on any atom is 0.283 e. The van der Waals surface area contributed by atoms with E-state index in [1.165, 1.54) is 45.8 Å². The first kappa shape index (κ1) is 16.6. The summed E-state index contributed by atoms with van der Waals surface area (Å²) < 4.78 is 0. The van der Waals surface area contributed by atoms with Crippen LogP contribution in [0.4, 0.5) is 21.6 Å². The van der Waals surface area contributed by atoms with E-state index in [1.54, 1.807) is 0 Å². The lowest BCUT2D eigenvalue weighted by molar-refractivity contribution is -0.394. The Hall–Kier alpha value is -3.26. The first-order valence-corrected chi connectivity index (χ1v) is 8.28. The van der Waals surface area contributed by atoms with Crippen molar-refractivity contribution in [2.75, 3.05) is 10.6 Å². The monoisotopic (exact) mass is 380 g/mol. The molecule has 0 amide bonds. The Morgan fingerprint density at radius 1 is 0.960 bits per heavy atom. The number of anilines is 2. The molecule has 0 unspecified atom stereocenters. The smallest absolute Gasteiger partial charge is 0.283 e. The number of rotatable bonds is 7. The average molecular weight is 380 g/mol. The average Bonchev–Trinajstić information content (AvgIpc) is 3.27. The molecule has 0 bridgehead atoms. The van der Waals surface area contributed by atoms with E-state index >= 15 is 0 Å². The zero-order chi connectivity index (χ0) is 17.8. The Morgan fingerprint density at radius 3 is 2.00 bits per heavy atom. The molecule has 0 aliphatic carbocycles. The highest BCUT2D eigenvalue weighted by Gasteiger charge is 2.26. The van der Waals surface area contributed by atoms with Crippen LogP contribution in [-0.2, 0) is 0 Å². The van der Waals surface area contributed by atoms with Gasteiger partial charge in [-0.15, -0.1) is 20.4 Å². The highest BCUT2D eigenvalue weighted by molar-refractivity contribution is 7.13. The van der Waals surface area contributed by atoms with Crippen molar-refractivity contribution in [3.05, 3.63) is 55.0 Å². The fraction of sp³-hybridized carbons (Fsp3) is 0.0909. The highest BCUT2D eigenvalue weighted by atomic mass is 32.1. The number of benzene rings is 1. The summed E-state index contributed by atoms with van der Waals surface area (Å²) in [5.41, 5.74) is 2.39. The summed E-state index contributed by atoms with van der Waals surface area (Å²) in [4.78, 5) is 20.9. The molecule has 0 aliphatic heterocycles. The molecule has 128 valence electrons. The minimum absolute atomic E-state index is 0.181. The maximum atomic E-state index is 11.4. The van der Waals surface area contributed by atoms with Crippen molar-refractivity contribution >= 4 is 44.3 Å². The third-order valence-electron chi connectivity index (χ3n) is 2.99. The van der Waals surface area contributed by atoms with Gasteiger partial charge in [-0.3, -0.25) is 20.2 Å². The fourth-order valence-corrected chi connectivity index (χ4v) is 2.91. The molecule has 0 saturated heterocycles. The molecule has 2 heterocycles. The summed E-state index contributed by atoms with van der Waals surface area (Å²) in [5, 5.41) is 44.1. The molecule has 25 heavy (non-hydrogen) atoms. The molecule has 0 atom stereocenters. The van der Waals surface area contributed by atoms with Gasteiger partial charge in [0.15, 0.2) is 0 Å². The Morgan fingerprint density at radius 2 is 1.56 bits per heavy atom. The van der Waals surface area contributed by atoms with Crippen LogP contribution < -0.4 is 10.6 Å². The molecule has 14 heteroatoms. The molecule has 0 aliphatic rings. The topological polar surface area (TPSA) is 162 Å². The molecule has 2 aromatic heterocycles. The van der Waals surface area contributed by atoms with Gasteiger partial charge in [0.05, 0.1) is 21.5 Å². The SMILES string of the molecule is O=[N+]([O-])c1ccc(C(Nc2nncs2)Nc2nncs2)c([N+](=O)[O-])c1. The first-order valence-electron chi connectivity index (χ1n) is 6.52. The predicted molar refractivity (Wildman–Crippen MR) is 89.6 cm³/mol. The molecular formula is C11H8N8O4S2. The van der Waals surface area contributed by atoms with Crippen LogP contribution in [0, 0.1) is 20.2 Å². The van der Waals surface area contributed by atoms with Gasteiger partial charge >= 0.3 is 0 Å². The molecule has 0 radical (unpaired) electrons. The van der Waals surface area contributed by atoms with E-state index < -0.39 is 21.7 Å². The van der Waals surface area contributed by atoms with Gasteiger partial charge in [0.25, 0.3) is 11.4 Å². The summed E-state index contributed by atoms with van der Waals surface area (Å²) in [6.45, 7) is 0. The second-order valence-corrected chi connectivity index (χ2v) is 6.13. The van der Waals surface area contributed by atoms with Gasteiger partial charge in [0.1, 0.15) is 17.2 Å². The van der Waals surface area contributed by atoms with E-state index in [-0.39, 0.29) is 11.3 Å². The quantitative estimate of drug-likeness (QED) is 0.353. The van der Waals surface area contributed by atoms with Crippen molar-refractivity contribution in [3.8, 4) is 0 Å². The van der Waals surface area contributed by atoms with Crippen LogP contribution in [0.5, 0.6) is 0 Å². The number of nitrogens with one attached hydrogen (secondary N) is 2. The Labute approximate surface area is 146 Å². The number of non-ortho nitro benzene ring substituents is 1. The molecular weight excluding hydrogens is 372 g/mol. The second-order valence-electron chi connectivity index (χ2n) is 4.47. The van der Waals surface area contributed by atoms with Crippen LogP contribution in [0.1, 0.15) is 11.7 Å². The van der Waals surface area contributed by atoms with E-state index in [0.717, 1.165) is 6.07 Å². The Kier molecular flexibility index (Phi) is 4.71. The van der Waals surface area contributed by atoms with Gasteiger partial charge in [0.2, 0.25) is 10.3 Å². The van der Waals surface area contributed by atoms with Crippen molar-refractivity contribution in [1.82, 2.24) is 20.4 Å². The van der Waals surface area contributed by atoms with Crippen LogP contribution in [0.15, 0.2) is 29.2 Å². The van der Waals surface area contributed by atoms with Crippen LogP contribution in [0.3, 0.4) is 0 Å². The number of nitro groups is 2. The maximum absolute atomic E-state index is 11.4. The van der Waals surface area contributed by atoms with E-state index in [0.29, 0.717) is 10.3 Å². The van der Waals surface area contributed by atoms with Crippen molar-refractivity contribution in [3.63, 3.8) is 0 Å². The van der Waals surface area contributed by atoms with Gasteiger partial charge in [0, 0.05) is 6.07 Å². The Bertz CT molecular complexity index is 849.